The monoisotopic (exact) mass is 425 g/mol. The van der Waals surface area contributed by atoms with E-state index in [1.165, 1.54) is 26.0 Å². The van der Waals surface area contributed by atoms with Gasteiger partial charge in [0.25, 0.3) is 0 Å². The second kappa shape index (κ2) is 8.95. The van der Waals surface area contributed by atoms with Gasteiger partial charge >= 0.3 is 0 Å². The van der Waals surface area contributed by atoms with E-state index in [0.717, 1.165) is 22.4 Å². The topological polar surface area (TPSA) is 114 Å². The number of nitrogens with two attached hydrogens (primary N) is 1. The van der Waals surface area contributed by atoms with Crippen LogP contribution >= 0.6 is 0 Å². The number of nitrogen functional groups attached to an aromatic ring is 1. The van der Waals surface area contributed by atoms with E-state index in [0.29, 0.717) is 28.6 Å². The second-order valence-corrected chi connectivity index (χ2v) is 7.19. The first-order valence-corrected chi connectivity index (χ1v) is 9.65. The minimum Gasteiger partial charge on any atom is -0.493 e. The molecule has 0 spiro atoms. The van der Waals surface area contributed by atoms with Crippen molar-refractivity contribution in [3.63, 3.8) is 0 Å². The molecule has 0 aliphatic rings. The van der Waals surface area contributed by atoms with Crippen molar-refractivity contribution >= 4 is 17.5 Å². The molecule has 0 saturated heterocycles. The van der Waals surface area contributed by atoms with Crippen molar-refractivity contribution in [2.24, 2.45) is 0 Å². The third-order valence-electron chi connectivity index (χ3n) is 4.86. The second-order valence-electron chi connectivity index (χ2n) is 7.19. The summed E-state index contributed by atoms with van der Waals surface area (Å²) in [5.41, 5.74) is 10.6. The zero-order valence-electron chi connectivity index (χ0n) is 18.6. The summed E-state index contributed by atoms with van der Waals surface area (Å²) in [4.78, 5) is 16.9. The third-order valence-corrected chi connectivity index (χ3v) is 4.86. The lowest BCUT2D eigenvalue weighted by atomic mass is 10.1. The van der Waals surface area contributed by atoms with Gasteiger partial charge in [-0.3, -0.25) is 4.79 Å². The molecule has 1 amide bonds. The number of nitrogens with one attached hydrogen (secondary N) is 1. The molecule has 3 N–H and O–H groups in total. The van der Waals surface area contributed by atoms with Gasteiger partial charge in [-0.1, -0.05) is 17.7 Å². The normalized spacial score (nSPS) is 10.6. The number of hydrogen-bond donors (Lipinski definition) is 2. The van der Waals surface area contributed by atoms with Crippen molar-refractivity contribution in [1.82, 2.24) is 14.8 Å². The molecular weight excluding hydrogens is 398 g/mol. The minimum atomic E-state index is -0.247. The number of benzene rings is 2. The maximum atomic E-state index is 12.6. The van der Waals surface area contributed by atoms with E-state index in [2.05, 4.69) is 15.4 Å². The Bertz CT molecular complexity index is 1080. The maximum Gasteiger partial charge on any atom is 0.246 e. The van der Waals surface area contributed by atoms with Crippen LogP contribution in [-0.4, -0.2) is 42.0 Å². The van der Waals surface area contributed by atoms with E-state index in [4.69, 9.17) is 19.9 Å². The molecule has 9 heteroatoms. The Hall–Kier alpha value is -3.75. The number of aromatic nitrogens is 3. The van der Waals surface area contributed by atoms with Crippen LogP contribution in [0.3, 0.4) is 0 Å². The van der Waals surface area contributed by atoms with Gasteiger partial charge < -0.3 is 25.3 Å². The summed E-state index contributed by atoms with van der Waals surface area (Å²) >= 11 is 0. The van der Waals surface area contributed by atoms with Gasteiger partial charge in [0.15, 0.2) is 17.3 Å². The smallest absolute Gasteiger partial charge is 0.246 e. The number of aryl methyl sites for hydroxylation is 3. The predicted octanol–water partition coefficient (Wildman–Crippen LogP) is 3.12. The number of ether oxygens (including phenoxy) is 3. The van der Waals surface area contributed by atoms with Gasteiger partial charge in [-0.2, -0.15) is 4.98 Å². The fourth-order valence-corrected chi connectivity index (χ4v) is 3.50. The number of carbonyl (C=O) groups is 1. The Kier molecular flexibility index (Phi) is 6.33. The average molecular weight is 425 g/mol. The van der Waals surface area contributed by atoms with E-state index in [-0.39, 0.29) is 18.4 Å². The van der Waals surface area contributed by atoms with Crippen molar-refractivity contribution in [2.45, 2.75) is 27.3 Å². The number of carbonyl (C=O) groups excluding carboxylic acids is 1. The van der Waals surface area contributed by atoms with Crippen LogP contribution in [0.15, 0.2) is 24.3 Å². The van der Waals surface area contributed by atoms with Gasteiger partial charge in [0.05, 0.1) is 21.3 Å². The largest absolute Gasteiger partial charge is 0.493 e. The summed E-state index contributed by atoms with van der Waals surface area (Å²) in [6, 6.07) is 7.49. The van der Waals surface area contributed by atoms with Crippen LogP contribution in [0.2, 0.25) is 0 Å². The number of hydrogen-bond acceptors (Lipinski definition) is 7. The van der Waals surface area contributed by atoms with Gasteiger partial charge in [0, 0.05) is 11.3 Å². The van der Waals surface area contributed by atoms with Gasteiger partial charge in [-0.25, -0.2) is 4.68 Å². The molecule has 0 radical (unpaired) electrons. The Morgan fingerprint density at radius 2 is 1.58 bits per heavy atom. The first-order valence-electron chi connectivity index (χ1n) is 9.65. The molecule has 0 fully saturated rings. The lowest BCUT2D eigenvalue weighted by Gasteiger charge is -2.13. The standard InChI is InChI=1S/C22H27N5O4/c1-12-7-13(2)19(14(3)8-12)24-18(28)11-27-22(23)25-21(26-27)15-9-16(29-4)20(31-6)17(10-15)30-5/h7-10H,11H2,1-6H3,(H,24,28)(H2,23,25,26). The van der Waals surface area contributed by atoms with Crippen molar-refractivity contribution < 1.29 is 19.0 Å². The zero-order chi connectivity index (χ0) is 22.7. The number of methoxy groups -OCH3 is 3. The predicted molar refractivity (Wildman–Crippen MR) is 119 cm³/mol. The highest BCUT2D eigenvalue weighted by Crippen LogP contribution is 2.40. The summed E-state index contributed by atoms with van der Waals surface area (Å²) in [7, 11) is 4.59. The highest BCUT2D eigenvalue weighted by atomic mass is 16.5. The molecule has 0 aliphatic heterocycles. The molecule has 0 atom stereocenters. The van der Waals surface area contributed by atoms with Crippen LogP contribution in [0.25, 0.3) is 11.4 Å². The fourth-order valence-electron chi connectivity index (χ4n) is 3.50. The van der Waals surface area contributed by atoms with Crippen LogP contribution in [0.5, 0.6) is 17.2 Å². The Labute approximate surface area is 181 Å². The van der Waals surface area contributed by atoms with Crippen LogP contribution in [0.4, 0.5) is 11.6 Å². The molecule has 164 valence electrons. The zero-order valence-corrected chi connectivity index (χ0v) is 18.6. The lowest BCUT2D eigenvalue weighted by Crippen LogP contribution is -2.21. The van der Waals surface area contributed by atoms with Crippen LogP contribution in [0, 0.1) is 20.8 Å². The number of nitrogens with zero attached hydrogens (tertiary/aromatic N) is 3. The number of rotatable bonds is 7. The van der Waals surface area contributed by atoms with Crippen LogP contribution in [0.1, 0.15) is 16.7 Å². The quantitative estimate of drug-likeness (QED) is 0.598. The lowest BCUT2D eigenvalue weighted by molar-refractivity contribution is -0.116. The first kappa shape index (κ1) is 21.9. The van der Waals surface area contributed by atoms with Crippen molar-refractivity contribution in [3.8, 4) is 28.6 Å². The third kappa shape index (κ3) is 4.55. The summed E-state index contributed by atoms with van der Waals surface area (Å²) in [6.07, 6.45) is 0. The molecular formula is C22H27N5O4. The van der Waals surface area contributed by atoms with Gasteiger partial charge in [-0.15, -0.1) is 5.10 Å². The molecule has 9 nitrogen and oxygen atoms in total. The summed E-state index contributed by atoms with van der Waals surface area (Å²) in [6.45, 7) is 5.87. The molecule has 1 aromatic heterocycles. The maximum absolute atomic E-state index is 12.6. The summed E-state index contributed by atoms with van der Waals surface area (Å²) < 4.78 is 17.4. The van der Waals surface area contributed by atoms with Gasteiger partial charge in [-0.05, 0) is 44.0 Å². The molecule has 0 unspecified atom stereocenters. The molecule has 1 heterocycles. The van der Waals surface area contributed by atoms with Crippen molar-refractivity contribution in [2.75, 3.05) is 32.4 Å². The van der Waals surface area contributed by atoms with Crippen LogP contribution < -0.4 is 25.3 Å². The van der Waals surface area contributed by atoms with E-state index in [1.54, 1.807) is 12.1 Å². The highest BCUT2D eigenvalue weighted by Gasteiger charge is 2.18. The van der Waals surface area contributed by atoms with Crippen molar-refractivity contribution in [1.29, 1.82) is 0 Å². The number of amides is 1. The molecule has 0 saturated carbocycles. The van der Waals surface area contributed by atoms with Crippen LogP contribution in [-0.2, 0) is 11.3 Å². The molecule has 0 aliphatic carbocycles. The molecule has 31 heavy (non-hydrogen) atoms. The Balaban J connectivity index is 1.86. The average Bonchev–Trinajstić information content (AvgIpc) is 3.09. The molecule has 3 aromatic rings. The summed E-state index contributed by atoms with van der Waals surface area (Å²) in [5.74, 6) is 1.61. The van der Waals surface area contributed by atoms with Gasteiger partial charge in [0.2, 0.25) is 17.6 Å². The Morgan fingerprint density at radius 3 is 2.10 bits per heavy atom. The highest BCUT2D eigenvalue weighted by molar-refractivity contribution is 5.92. The molecule has 0 bridgehead atoms. The van der Waals surface area contributed by atoms with E-state index in [9.17, 15) is 4.79 Å². The Morgan fingerprint density at radius 1 is 1.00 bits per heavy atom. The molecule has 2 aromatic carbocycles. The molecule has 3 rings (SSSR count). The summed E-state index contributed by atoms with van der Waals surface area (Å²) in [5, 5.41) is 7.34. The fraction of sp³-hybridized carbons (Fsp3) is 0.318. The van der Waals surface area contributed by atoms with Crippen molar-refractivity contribution in [3.05, 3.63) is 41.0 Å². The van der Waals surface area contributed by atoms with E-state index < -0.39 is 0 Å². The first-order chi connectivity index (χ1) is 14.8. The van der Waals surface area contributed by atoms with E-state index in [1.807, 2.05) is 32.9 Å². The SMILES string of the molecule is COc1cc(-c2nc(N)n(CC(=O)Nc3c(C)cc(C)cc3C)n2)cc(OC)c1OC. The minimum absolute atomic E-state index is 0.0734. The number of anilines is 2. The van der Waals surface area contributed by atoms with E-state index >= 15 is 0 Å². The van der Waals surface area contributed by atoms with Gasteiger partial charge in [0.1, 0.15) is 6.54 Å².